The normalized spacial score (nSPS) is 62.3. The molecule has 9 aliphatic rings. The number of aliphatic hydroxyl groups excluding tert-OH is 1. The van der Waals surface area contributed by atoms with Crippen molar-refractivity contribution in [3.05, 3.63) is 0 Å². The molecule has 2 bridgehead atoms. The van der Waals surface area contributed by atoms with Crippen LogP contribution in [0.5, 0.6) is 0 Å². The van der Waals surface area contributed by atoms with Gasteiger partial charge in [-0.05, 0) is 38.0 Å². The summed E-state index contributed by atoms with van der Waals surface area (Å²) in [6, 6.07) is 0. The molecule has 14 heteroatoms. The molecule has 6 aliphatic carbocycles. The molecule has 0 unspecified atom stereocenters. The van der Waals surface area contributed by atoms with E-state index in [1.165, 1.54) is 27.7 Å². The van der Waals surface area contributed by atoms with E-state index in [4.69, 9.17) is 28.4 Å². The van der Waals surface area contributed by atoms with E-state index < -0.39 is 140 Å². The van der Waals surface area contributed by atoms with Crippen molar-refractivity contribution in [1.29, 1.82) is 0 Å². The Balaban J connectivity index is 1.32. The molecule has 0 amide bonds. The van der Waals surface area contributed by atoms with Gasteiger partial charge in [-0.1, -0.05) is 20.8 Å². The molecule has 0 aromatic heterocycles. The lowest BCUT2D eigenvalue weighted by atomic mass is 9.35. The third kappa shape index (κ3) is 3.01. The predicted molar refractivity (Wildman–Crippen MR) is 158 cm³/mol. The maximum atomic E-state index is 14.9. The van der Waals surface area contributed by atoms with Crippen molar-refractivity contribution in [2.24, 2.45) is 57.2 Å². The Kier molecular flexibility index (Phi) is 5.72. The van der Waals surface area contributed by atoms with Crippen molar-refractivity contribution < 1.29 is 67.7 Å². The number of Topliss-reactive ketones (excluding diaryl/α,β-unsaturated/α-hetero) is 1. The Labute approximate surface area is 282 Å². The van der Waals surface area contributed by atoms with E-state index in [-0.39, 0.29) is 18.9 Å². The number of carbonyl (C=O) groups excluding carboxylic acids is 5. The lowest BCUT2D eigenvalue weighted by Gasteiger charge is -2.68. The van der Waals surface area contributed by atoms with Crippen LogP contribution in [-0.4, -0.2) is 105 Å². The van der Waals surface area contributed by atoms with E-state index >= 15 is 0 Å². The topological polar surface area (TPSA) is 208 Å². The zero-order chi connectivity index (χ0) is 35.5. The molecule has 3 N–H and O–H groups in total. The van der Waals surface area contributed by atoms with Crippen molar-refractivity contribution in [3.8, 4) is 0 Å². The largest absolute Gasteiger partial charge is 0.459 e. The number of ketones is 1. The van der Waals surface area contributed by atoms with Crippen LogP contribution in [0.15, 0.2) is 0 Å². The number of carbonyl (C=O) groups is 5. The molecule has 0 aromatic carbocycles. The molecule has 3 saturated heterocycles. The molecular weight excluding hydrogens is 644 g/mol. The quantitative estimate of drug-likeness (QED) is 0.206. The van der Waals surface area contributed by atoms with Crippen molar-refractivity contribution in [1.82, 2.24) is 0 Å². The van der Waals surface area contributed by atoms with Gasteiger partial charge in [-0.3, -0.25) is 19.2 Å². The fourth-order valence-corrected chi connectivity index (χ4v) is 14.4. The van der Waals surface area contributed by atoms with Crippen LogP contribution in [0, 0.1) is 57.2 Å². The Morgan fingerprint density at radius 1 is 0.918 bits per heavy atom. The minimum absolute atomic E-state index is 0.0985. The number of ether oxygens (including phenoxy) is 6. The molecule has 6 saturated carbocycles. The molecule has 1 spiro atoms. The summed E-state index contributed by atoms with van der Waals surface area (Å²) in [5.41, 5.74) is -9.03. The van der Waals surface area contributed by atoms with Crippen LogP contribution in [0.4, 0.5) is 0 Å². The number of hydrogen-bond donors (Lipinski definition) is 3. The highest BCUT2D eigenvalue weighted by Gasteiger charge is 3.02. The number of hydrogen-bond acceptors (Lipinski definition) is 14. The smallest absolute Gasteiger partial charge is 0.341 e. The van der Waals surface area contributed by atoms with E-state index in [1.807, 2.05) is 13.8 Å². The molecule has 268 valence electrons. The molecule has 14 nitrogen and oxygen atoms in total. The molecule has 0 aromatic rings. The van der Waals surface area contributed by atoms with Gasteiger partial charge in [-0.15, -0.1) is 0 Å². The Morgan fingerprint density at radius 2 is 1.53 bits per heavy atom. The maximum Gasteiger partial charge on any atom is 0.341 e. The summed E-state index contributed by atoms with van der Waals surface area (Å²) in [6.45, 7) is 12.3. The first-order chi connectivity index (χ1) is 22.6. The average Bonchev–Trinajstić information content (AvgIpc) is 3.88. The van der Waals surface area contributed by atoms with E-state index in [9.17, 15) is 39.3 Å². The summed E-state index contributed by atoms with van der Waals surface area (Å²) in [6.07, 6.45) is -6.23. The molecule has 3 aliphatic heterocycles. The number of rotatable bonds is 3. The van der Waals surface area contributed by atoms with E-state index in [1.54, 1.807) is 13.8 Å². The van der Waals surface area contributed by atoms with Gasteiger partial charge < -0.3 is 43.7 Å². The van der Waals surface area contributed by atoms with E-state index in [0.29, 0.717) is 0 Å². The van der Waals surface area contributed by atoms with Gasteiger partial charge in [-0.2, -0.15) is 0 Å². The molecule has 49 heavy (non-hydrogen) atoms. The van der Waals surface area contributed by atoms with Crippen LogP contribution in [0.25, 0.3) is 0 Å². The Bertz CT molecular complexity index is 1660. The number of fused-ring (bicyclic) bond motifs is 7. The zero-order valence-electron chi connectivity index (χ0n) is 28.8. The second-order valence-electron chi connectivity index (χ2n) is 17.4. The summed E-state index contributed by atoms with van der Waals surface area (Å²) in [5, 5.41) is 37.2. The highest BCUT2D eigenvalue weighted by atomic mass is 16.8. The van der Waals surface area contributed by atoms with Crippen LogP contribution in [-0.2, 0) is 52.4 Å². The van der Waals surface area contributed by atoms with Gasteiger partial charge in [0.2, 0.25) is 5.79 Å². The highest BCUT2D eigenvalue weighted by molar-refractivity contribution is 5.89. The Morgan fingerprint density at radius 3 is 2.14 bits per heavy atom. The number of epoxide rings is 2. The molecule has 3 heterocycles. The lowest BCUT2D eigenvalue weighted by molar-refractivity contribution is -0.295. The van der Waals surface area contributed by atoms with Crippen LogP contribution in [0.3, 0.4) is 0 Å². The summed E-state index contributed by atoms with van der Waals surface area (Å²) >= 11 is 0. The van der Waals surface area contributed by atoms with Crippen LogP contribution < -0.4 is 0 Å². The van der Waals surface area contributed by atoms with Crippen molar-refractivity contribution in [2.75, 3.05) is 0 Å². The number of aliphatic hydroxyl groups is 3. The van der Waals surface area contributed by atoms with Crippen LogP contribution >= 0.6 is 0 Å². The first-order valence-electron chi connectivity index (χ1n) is 17.4. The van der Waals surface area contributed by atoms with Gasteiger partial charge in [-0.25, -0.2) is 4.79 Å². The lowest BCUT2D eigenvalue weighted by Crippen LogP contribution is -2.75. The molecule has 9 fully saturated rings. The fourth-order valence-electron chi connectivity index (χ4n) is 14.4. The summed E-state index contributed by atoms with van der Waals surface area (Å²) in [5.74, 6) is -10.3. The SMILES string of the molecule is CC(=O)O[C@H]1[C@H]2[C@@H](C(=O)[C@H](O)[C@H]3C[C@@H]4O[C@@H]4[C@H](OC(C)=O)[C@]23C)[C@@H]2[C@@]3(O)C[C@@]4([C@H](C)[C@H]5O[C@]56OC(=O)[C@@](C)(O)[C@]6(C)[C@H]34)[C@@]2(C)[C@H]1OC(C)=O. The Hall–Kier alpha value is -2.65. The van der Waals surface area contributed by atoms with Crippen LogP contribution in [0.1, 0.15) is 68.2 Å². The van der Waals surface area contributed by atoms with Gasteiger partial charge in [0.25, 0.3) is 0 Å². The fraction of sp³-hybridized carbons (Fsp3) is 0.857. The van der Waals surface area contributed by atoms with E-state index in [0.717, 1.165) is 0 Å². The van der Waals surface area contributed by atoms with E-state index in [2.05, 4.69) is 0 Å². The van der Waals surface area contributed by atoms with Gasteiger partial charge in [0.1, 0.15) is 36.6 Å². The second kappa shape index (κ2) is 8.68. The molecule has 20 atom stereocenters. The summed E-state index contributed by atoms with van der Waals surface area (Å²) in [4.78, 5) is 67.1. The summed E-state index contributed by atoms with van der Waals surface area (Å²) < 4.78 is 36.4. The van der Waals surface area contributed by atoms with Gasteiger partial charge in [0.15, 0.2) is 11.4 Å². The standard InChI is InChI=1S/C35H44O14/c1-11-24-35(48-24)31(7,32(8,42)28(41)49-35)27-33(11)10-34(27,43)23-17-18(22(44-12(2)36)26(30(23,33)6)46-14(4)38)29(5)15(19(39)20(17)40)9-16-21(47-16)25(29)45-13(3)37/h11,15-19,21-27,39,42-43H,9-10H2,1-8H3/t11-,15-,16+,17+,18-,19-,21+,22+,23+,24-,25+,26+,27+,29+,30-,31+,32-,33+,34+,35+/m1/s1. The third-order valence-electron chi connectivity index (χ3n) is 16.0. The van der Waals surface area contributed by atoms with Crippen LogP contribution in [0.2, 0.25) is 0 Å². The third-order valence-corrected chi connectivity index (χ3v) is 16.0. The van der Waals surface area contributed by atoms with Gasteiger partial charge in [0, 0.05) is 61.2 Å². The monoisotopic (exact) mass is 688 g/mol. The average molecular weight is 689 g/mol. The maximum absolute atomic E-state index is 14.9. The van der Waals surface area contributed by atoms with Gasteiger partial charge in [0.05, 0.1) is 17.1 Å². The van der Waals surface area contributed by atoms with Gasteiger partial charge >= 0.3 is 23.9 Å². The highest BCUT2D eigenvalue weighted by Crippen LogP contribution is 2.93. The molecule has 0 radical (unpaired) electrons. The van der Waals surface area contributed by atoms with Crippen molar-refractivity contribution in [2.45, 2.75) is 128 Å². The number of esters is 4. The zero-order valence-corrected chi connectivity index (χ0v) is 28.8. The van der Waals surface area contributed by atoms with Crippen molar-refractivity contribution in [3.63, 3.8) is 0 Å². The minimum Gasteiger partial charge on any atom is -0.459 e. The molecule has 9 rings (SSSR count). The summed E-state index contributed by atoms with van der Waals surface area (Å²) in [7, 11) is 0. The minimum atomic E-state index is -2.11. The molecular formula is C35H44O14. The second-order valence-corrected chi connectivity index (χ2v) is 17.4. The predicted octanol–water partition coefficient (Wildman–Crippen LogP) is 0.197. The first-order valence-corrected chi connectivity index (χ1v) is 17.4. The van der Waals surface area contributed by atoms with Crippen molar-refractivity contribution >= 4 is 29.7 Å². The first kappa shape index (κ1) is 32.3.